The molecule has 1 aliphatic carbocycles. The van der Waals surface area contributed by atoms with Crippen molar-refractivity contribution in [1.82, 2.24) is 4.57 Å². The normalized spacial score (nSPS) is 13.8. The number of carbonyl (C=O) groups excluding carboxylic acids is 1. The highest BCUT2D eigenvalue weighted by Crippen LogP contribution is 2.34. The van der Waals surface area contributed by atoms with Crippen LogP contribution < -0.4 is 4.74 Å². The number of nitrogens with zero attached hydrogens (tertiary/aromatic N) is 1. The predicted molar refractivity (Wildman–Crippen MR) is 98.3 cm³/mol. The molecule has 2 aromatic rings. The molecule has 1 aromatic carbocycles. The molecule has 0 bridgehead atoms. The molecular weight excluding hydrogens is 298 g/mol. The van der Waals surface area contributed by atoms with E-state index in [0.29, 0.717) is 12.5 Å². The maximum Gasteiger partial charge on any atom is 0.165 e. The van der Waals surface area contributed by atoms with Crippen molar-refractivity contribution >= 4 is 11.9 Å². The lowest BCUT2D eigenvalue weighted by Crippen LogP contribution is -2.06. The van der Waals surface area contributed by atoms with Gasteiger partial charge in [0.25, 0.3) is 0 Å². The Labute approximate surface area is 144 Å². The molecule has 0 unspecified atom stereocenters. The number of ether oxygens (including phenoxy) is 1. The summed E-state index contributed by atoms with van der Waals surface area (Å²) in [5, 5.41) is 0. The minimum Gasteiger partial charge on any atom is -0.490 e. The van der Waals surface area contributed by atoms with Crippen molar-refractivity contribution in [2.75, 3.05) is 0 Å². The maximum atomic E-state index is 12.4. The molecule has 0 aliphatic heterocycles. The van der Waals surface area contributed by atoms with Crippen LogP contribution in [0.2, 0.25) is 0 Å². The van der Waals surface area contributed by atoms with E-state index >= 15 is 0 Å². The SMILES string of the molecule is C=Cc1c(C(=O)CC)c(C)n(-c2cccc(OC3CC3)c2C)c1C. The van der Waals surface area contributed by atoms with Crippen molar-refractivity contribution in [3.63, 3.8) is 0 Å². The van der Waals surface area contributed by atoms with Crippen molar-refractivity contribution in [3.05, 3.63) is 52.9 Å². The van der Waals surface area contributed by atoms with E-state index in [1.807, 2.05) is 32.9 Å². The van der Waals surface area contributed by atoms with Gasteiger partial charge < -0.3 is 9.30 Å². The number of aromatic nitrogens is 1. The van der Waals surface area contributed by atoms with E-state index in [1.165, 1.54) is 0 Å². The van der Waals surface area contributed by atoms with Crippen LogP contribution >= 0.6 is 0 Å². The number of rotatable bonds is 6. The lowest BCUT2D eigenvalue weighted by molar-refractivity contribution is 0.0987. The van der Waals surface area contributed by atoms with Gasteiger partial charge in [0.1, 0.15) is 5.75 Å². The van der Waals surface area contributed by atoms with Crippen molar-refractivity contribution in [1.29, 1.82) is 0 Å². The van der Waals surface area contributed by atoms with E-state index in [-0.39, 0.29) is 5.78 Å². The number of benzene rings is 1. The number of Topliss-reactive ketones (excluding diaryl/α,β-unsaturated/α-hetero) is 1. The van der Waals surface area contributed by atoms with Crippen LogP contribution in [0, 0.1) is 20.8 Å². The van der Waals surface area contributed by atoms with Crippen LogP contribution in [0.4, 0.5) is 0 Å². The highest BCUT2D eigenvalue weighted by molar-refractivity contribution is 6.01. The third-order valence-corrected chi connectivity index (χ3v) is 4.81. The van der Waals surface area contributed by atoms with E-state index in [2.05, 4.69) is 24.1 Å². The van der Waals surface area contributed by atoms with Gasteiger partial charge in [0, 0.05) is 34.5 Å². The minimum absolute atomic E-state index is 0.160. The second-order valence-electron chi connectivity index (χ2n) is 6.49. The topological polar surface area (TPSA) is 31.2 Å². The Kier molecular flexibility index (Phi) is 4.35. The summed E-state index contributed by atoms with van der Waals surface area (Å²) in [4.78, 5) is 12.4. The average molecular weight is 323 g/mol. The van der Waals surface area contributed by atoms with E-state index < -0.39 is 0 Å². The lowest BCUT2D eigenvalue weighted by Gasteiger charge is -2.16. The van der Waals surface area contributed by atoms with Crippen LogP contribution in [0.25, 0.3) is 11.8 Å². The molecule has 1 aliphatic rings. The Hall–Kier alpha value is -2.29. The summed E-state index contributed by atoms with van der Waals surface area (Å²) >= 11 is 0. The lowest BCUT2D eigenvalue weighted by atomic mass is 10.0. The summed E-state index contributed by atoms with van der Waals surface area (Å²) in [5.74, 6) is 1.10. The zero-order valence-corrected chi connectivity index (χ0v) is 15.0. The van der Waals surface area contributed by atoms with Crippen molar-refractivity contribution in [2.45, 2.75) is 53.1 Å². The fourth-order valence-electron chi connectivity index (χ4n) is 3.34. The number of hydrogen-bond donors (Lipinski definition) is 0. The van der Waals surface area contributed by atoms with E-state index in [4.69, 9.17) is 4.74 Å². The van der Waals surface area contributed by atoms with Gasteiger partial charge in [-0.1, -0.05) is 25.6 Å². The van der Waals surface area contributed by atoms with Crippen LogP contribution in [0.5, 0.6) is 5.75 Å². The first kappa shape index (κ1) is 16.6. The molecule has 3 nitrogen and oxygen atoms in total. The number of hydrogen-bond acceptors (Lipinski definition) is 2. The Morgan fingerprint density at radius 1 is 1.29 bits per heavy atom. The van der Waals surface area contributed by atoms with E-state index in [0.717, 1.165) is 52.4 Å². The van der Waals surface area contributed by atoms with Gasteiger partial charge in [-0.05, 0) is 45.7 Å². The Morgan fingerprint density at radius 3 is 2.58 bits per heavy atom. The van der Waals surface area contributed by atoms with Crippen LogP contribution in [0.1, 0.15) is 59.1 Å². The van der Waals surface area contributed by atoms with Gasteiger partial charge in [0.05, 0.1) is 11.8 Å². The van der Waals surface area contributed by atoms with Gasteiger partial charge in [0.2, 0.25) is 0 Å². The van der Waals surface area contributed by atoms with Gasteiger partial charge in [-0.3, -0.25) is 4.79 Å². The molecular formula is C21H25NO2. The highest BCUT2D eigenvalue weighted by Gasteiger charge is 2.26. The van der Waals surface area contributed by atoms with Crippen molar-refractivity contribution in [3.8, 4) is 11.4 Å². The Bertz CT molecular complexity index is 810. The van der Waals surface area contributed by atoms with Crippen molar-refractivity contribution < 1.29 is 9.53 Å². The molecule has 0 radical (unpaired) electrons. The molecule has 1 heterocycles. The molecule has 126 valence electrons. The first-order chi connectivity index (χ1) is 11.5. The van der Waals surface area contributed by atoms with E-state index in [9.17, 15) is 4.79 Å². The number of carbonyl (C=O) groups is 1. The molecule has 1 saturated carbocycles. The minimum atomic E-state index is 0.160. The molecule has 0 atom stereocenters. The maximum absolute atomic E-state index is 12.4. The summed E-state index contributed by atoms with van der Waals surface area (Å²) < 4.78 is 8.19. The van der Waals surface area contributed by atoms with Gasteiger partial charge in [0.15, 0.2) is 5.78 Å². The molecule has 1 aromatic heterocycles. The quantitative estimate of drug-likeness (QED) is 0.686. The molecule has 24 heavy (non-hydrogen) atoms. The first-order valence-electron chi connectivity index (χ1n) is 8.63. The molecule has 0 saturated heterocycles. The average Bonchev–Trinajstić information content (AvgIpc) is 3.34. The van der Waals surface area contributed by atoms with Crippen LogP contribution in [-0.2, 0) is 0 Å². The molecule has 3 heteroatoms. The summed E-state index contributed by atoms with van der Waals surface area (Å²) in [7, 11) is 0. The van der Waals surface area contributed by atoms with Crippen LogP contribution in [-0.4, -0.2) is 16.5 Å². The molecule has 1 fully saturated rings. The summed E-state index contributed by atoms with van der Waals surface area (Å²) in [6, 6.07) is 6.13. The molecule has 0 spiro atoms. The summed E-state index contributed by atoms with van der Waals surface area (Å²) in [6.07, 6.45) is 4.94. The fourth-order valence-corrected chi connectivity index (χ4v) is 3.34. The van der Waals surface area contributed by atoms with Gasteiger partial charge in [-0.25, -0.2) is 0 Å². The summed E-state index contributed by atoms with van der Waals surface area (Å²) in [5.41, 5.74) is 5.93. The third-order valence-electron chi connectivity index (χ3n) is 4.81. The van der Waals surface area contributed by atoms with Gasteiger partial charge in [-0.15, -0.1) is 0 Å². The number of ketones is 1. The van der Waals surface area contributed by atoms with Crippen molar-refractivity contribution in [2.24, 2.45) is 0 Å². The Balaban J connectivity index is 2.18. The van der Waals surface area contributed by atoms with Gasteiger partial charge >= 0.3 is 0 Å². The molecule has 0 N–H and O–H groups in total. The fraction of sp³-hybridized carbons (Fsp3) is 0.381. The predicted octanol–water partition coefficient (Wildman–Crippen LogP) is 5.18. The van der Waals surface area contributed by atoms with E-state index in [1.54, 1.807) is 6.08 Å². The van der Waals surface area contributed by atoms with Gasteiger partial charge in [-0.2, -0.15) is 0 Å². The third kappa shape index (κ3) is 2.68. The Morgan fingerprint density at radius 2 is 2.00 bits per heavy atom. The molecule has 3 rings (SSSR count). The monoisotopic (exact) mass is 323 g/mol. The first-order valence-corrected chi connectivity index (χ1v) is 8.63. The second kappa shape index (κ2) is 6.31. The zero-order chi connectivity index (χ0) is 17.4. The highest BCUT2D eigenvalue weighted by atomic mass is 16.5. The second-order valence-corrected chi connectivity index (χ2v) is 6.49. The summed E-state index contributed by atoms with van der Waals surface area (Å²) in [6.45, 7) is 12.0. The zero-order valence-electron chi connectivity index (χ0n) is 15.0. The van der Waals surface area contributed by atoms with Crippen LogP contribution in [0.3, 0.4) is 0 Å². The molecule has 0 amide bonds. The largest absolute Gasteiger partial charge is 0.490 e. The van der Waals surface area contributed by atoms with Crippen LogP contribution in [0.15, 0.2) is 24.8 Å². The smallest absolute Gasteiger partial charge is 0.165 e. The standard InChI is InChI=1S/C21H25NO2/c1-6-17-14(4)22(15(5)21(17)19(23)7-2)18-9-8-10-20(13(18)3)24-16-11-12-16/h6,8-10,16H,1,7,11-12H2,2-5H3.